The van der Waals surface area contributed by atoms with Gasteiger partial charge in [0.05, 0.1) is 0 Å². The fourth-order valence-corrected chi connectivity index (χ4v) is 5.84. The van der Waals surface area contributed by atoms with Crippen LogP contribution >= 0.6 is 0 Å². The van der Waals surface area contributed by atoms with E-state index in [-0.39, 0.29) is 0 Å². The Hall–Kier alpha value is -0.633. The van der Waals surface area contributed by atoms with Gasteiger partial charge in [0.1, 0.15) is 8.07 Å². The van der Waals surface area contributed by atoms with Crippen molar-refractivity contribution in [1.82, 2.24) is 4.98 Å². The van der Waals surface area contributed by atoms with E-state index >= 15 is 0 Å². The maximum Gasteiger partial charge on any atom is 0.107 e. The summed E-state index contributed by atoms with van der Waals surface area (Å²) in [6.07, 6.45) is 4.80. The summed E-state index contributed by atoms with van der Waals surface area (Å²) < 4.78 is 0. The molecule has 0 aliphatic carbocycles. The Balaban J connectivity index is 2.29. The molecule has 1 aliphatic heterocycles. The first-order valence-electron chi connectivity index (χ1n) is 4.73. The second-order valence-electron chi connectivity index (χ2n) is 3.98. The molecule has 0 radical (unpaired) electrons. The summed E-state index contributed by atoms with van der Waals surface area (Å²) in [7, 11) is -1.07. The lowest BCUT2D eigenvalue weighted by atomic mass is 10.4. The Morgan fingerprint density at radius 1 is 1.25 bits per heavy atom. The van der Waals surface area contributed by atoms with Crippen LogP contribution in [0.15, 0.2) is 24.4 Å². The first-order chi connectivity index (χ1) is 5.81. The Morgan fingerprint density at radius 3 is 2.58 bits per heavy atom. The number of aromatic nitrogens is 1. The molecule has 0 bridgehead atoms. The normalized spacial score (nSPS) is 21.1. The van der Waals surface area contributed by atoms with Crippen LogP contribution in [0.4, 0.5) is 0 Å². The fourth-order valence-electron chi connectivity index (χ4n) is 2.13. The van der Waals surface area contributed by atoms with E-state index in [0.29, 0.717) is 0 Å². The van der Waals surface area contributed by atoms with E-state index in [4.69, 9.17) is 0 Å². The van der Waals surface area contributed by atoms with Gasteiger partial charge in [-0.25, -0.2) is 0 Å². The second kappa shape index (κ2) is 3.02. The molecule has 0 aromatic carbocycles. The largest absolute Gasteiger partial charge is 0.266 e. The molecule has 1 saturated heterocycles. The molecule has 0 atom stereocenters. The van der Waals surface area contributed by atoms with E-state index in [0.717, 1.165) is 0 Å². The third-order valence-electron chi connectivity index (χ3n) is 2.99. The van der Waals surface area contributed by atoms with Crippen LogP contribution in [-0.4, -0.2) is 13.1 Å². The monoisotopic (exact) mass is 177 g/mol. The second-order valence-corrected chi connectivity index (χ2v) is 8.62. The molecule has 1 fully saturated rings. The number of pyridine rings is 1. The van der Waals surface area contributed by atoms with Gasteiger partial charge >= 0.3 is 0 Å². The van der Waals surface area contributed by atoms with Crippen molar-refractivity contribution in [3.63, 3.8) is 0 Å². The number of rotatable bonds is 1. The van der Waals surface area contributed by atoms with Crippen molar-refractivity contribution in [1.29, 1.82) is 0 Å². The van der Waals surface area contributed by atoms with E-state index in [1.165, 1.54) is 30.2 Å². The molecule has 1 aliphatic rings. The topological polar surface area (TPSA) is 12.9 Å². The highest BCUT2D eigenvalue weighted by molar-refractivity contribution is 6.90. The summed E-state index contributed by atoms with van der Waals surface area (Å²) in [5.41, 5.74) is 0. The van der Waals surface area contributed by atoms with Crippen LogP contribution in [0.1, 0.15) is 12.8 Å². The number of hydrogen-bond donors (Lipinski definition) is 0. The quantitative estimate of drug-likeness (QED) is 0.599. The molecule has 2 heteroatoms. The van der Waals surface area contributed by atoms with E-state index in [1.54, 1.807) is 0 Å². The molecule has 0 amide bonds. The molecule has 1 aromatic heterocycles. The summed E-state index contributed by atoms with van der Waals surface area (Å²) in [4.78, 5) is 4.49. The summed E-state index contributed by atoms with van der Waals surface area (Å²) in [5, 5.41) is 1.42. The van der Waals surface area contributed by atoms with Crippen LogP contribution in [0.5, 0.6) is 0 Å². The summed E-state index contributed by atoms with van der Waals surface area (Å²) in [6.45, 7) is 2.47. The molecular weight excluding hydrogens is 162 g/mol. The lowest BCUT2D eigenvalue weighted by molar-refractivity contribution is 0.935. The molecule has 2 heterocycles. The molecule has 12 heavy (non-hydrogen) atoms. The smallest absolute Gasteiger partial charge is 0.107 e. The Bertz CT molecular complexity index is 252. The predicted molar refractivity (Wildman–Crippen MR) is 54.3 cm³/mol. The molecule has 64 valence electrons. The van der Waals surface area contributed by atoms with Crippen molar-refractivity contribution in [2.24, 2.45) is 0 Å². The first kappa shape index (κ1) is 7.99. The number of hydrogen-bond acceptors (Lipinski definition) is 1. The van der Waals surface area contributed by atoms with Crippen molar-refractivity contribution < 1.29 is 0 Å². The Kier molecular flexibility index (Phi) is 2.01. The molecule has 0 N–H and O–H groups in total. The van der Waals surface area contributed by atoms with Crippen LogP contribution in [0.25, 0.3) is 0 Å². The summed E-state index contributed by atoms with van der Waals surface area (Å²) in [6, 6.07) is 9.25. The fraction of sp³-hybridized carbons (Fsp3) is 0.500. The van der Waals surface area contributed by atoms with Gasteiger partial charge in [-0.05, 0) is 12.1 Å². The minimum absolute atomic E-state index is 1.07. The van der Waals surface area contributed by atoms with Gasteiger partial charge in [-0.1, -0.05) is 37.5 Å². The highest BCUT2D eigenvalue weighted by Crippen LogP contribution is 2.28. The average molecular weight is 177 g/mol. The lowest BCUT2D eigenvalue weighted by Crippen LogP contribution is -2.43. The minimum atomic E-state index is -1.07. The Labute approximate surface area is 74.9 Å². The van der Waals surface area contributed by atoms with Crippen LogP contribution in [0.3, 0.4) is 0 Å². The van der Waals surface area contributed by atoms with Gasteiger partial charge in [-0.3, -0.25) is 4.98 Å². The highest BCUT2D eigenvalue weighted by atomic mass is 28.3. The third kappa shape index (κ3) is 1.31. The summed E-state index contributed by atoms with van der Waals surface area (Å²) in [5.74, 6) is 0. The van der Waals surface area contributed by atoms with Crippen LogP contribution in [0, 0.1) is 0 Å². The van der Waals surface area contributed by atoms with E-state index < -0.39 is 8.07 Å². The molecule has 1 aromatic rings. The van der Waals surface area contributed by atoms with Crippen molar-refractivity contribution >= 4 is 13.4 Å². The third-order valence-corrected chi connectivity index (χ3v) is 7.44. The molecule has 0 unspecified atom stereocenters. The van der Waals surface area contributed by atoms with Crippen molar-refractivity contribution in [3.8, 4) is 0 Å². The standard InChI is InChI=1S/C10H15NSi/c1-12(8-4-5-9-12)10-6-2-3-7-11-10/h2-3,6-7H,4-5,8-9H2,1H3. The van der Waals surface area contributed by atoms with Crippen molar-refractivity contribution in [2.45, 2.75) is 31.5 Å². The van der Waals surface area contributed by atoms with E-state index in [1.807, 2.05) is 12.3 Å². The van der Waals surface area contributed by atoms with Crippen molar-refractivity contribution in [2.75, 3.05) is 0 Å². The van der Waals surface area contributed by atoms with Gasteiger partial charge in [0, 0.05) is 11.5 Å². The van der Waals surface area contributed by atoms with E-state index in [9.17, 15) is 0 Å². The van der Waals surface area contributed by atoms with Gasteiger partial charge < -0.3 is 0 Å². The highest BCUT2D eigenvalue weighted by Gasteiger charge is 2.33. The zero-order chi connectivity index (χ0) is 8.44. The Morgan fingerprint density at radius 2 is 2.00 bits per heavy atom. The molecule has 0 saturated carbocycles. The molecule has 0 spiro atoms. The summed E-state index contributed by atoms with van der Waals surface area (Å²) >= 11 is 0. The minimum Gasteiger partial charge on any atom is -0.266 e. The van der Waals surface area contributed by atoms with Crippen LogP contribution in [-0.2, 0) is 0 Å². The first-order valence-corrected chi connectivity index (χ1v) is 7.64. The predicted octanol–water partition coefficient (Wildman–Crippen LogP) is 2.16. The SMILES string of the molecule is C[Si]1(c2ccccn2)CCCC1. The van der Waals surface area contributed by atoms with Gasteiger partial charge in [-0.15, -0.1) is 0 Å². The van der Waals surface area contributed by atoms with E-state index in [2.05, 4.69) is 23.7 Å². The lowest BCUT2D eigenvalue weighted by Gasteiger charge is -2.19. The molecular formula is C10H15NSi. The zero-order valence-electron chi connectivity index (χ0n) is 7.59. The van der Waals surface area contributed by atoms with Crippen molar-refractivity contribution in [3.05, 3.63) is 24.4 Å². The van der Waals surface area contributed by atoms with Gasteiger partial charge in [-0.2, -0.15) is 0 Å². The molecule has 2 rings (SSSR count). The zero-order valence-corrected chi connectivity index (χ0v) is 8.59. The van der Waals surface area contributed by atoms with Crippen LogP contribution < -0.4 is 5.32 Å². The molecule has 1 nitrogen and oxygen atoms in total. The van der Waals surface area contributed by atoms with Gasteiger partial charge in [0.25, 0.3) is 0 Å². The van der Waals surface area contributed by atoms with Gasteiger partial charge in [0.2, 0.25) is 0 Å². The van der Waals surface area contributed by atoms with Crippen LogP contribution in [0.2, 0.25) is 18.6 Å². The van der Waals surface area contributed by atoms with Gasteiger partial charge in [0.15, 0.2) is 0 Å². The average Bonchev–Trinajstić information content (AvgIpc) is 2.55. The number of nitrogens with zero attached hydrogens (tertiary/aromatic N) is 1. The maximum absolute atomic E-state index is 4.49. The maximum atomic E-state index is 4.49.